The summed E-state index contributed by atoms with van der Waals surface area (Å²) >= 11 is 1.97. The summed E-state index contributed by atoms with van der Waals surface area (Å²) in [4.78, 5) is 12.0. The molecular formula is C14H17FOS. The number of Topliss-reactive ketones (excluding diaryl/α,β-unsaturated/α-hetero) is 1. The highest BCUT2D eigenvalue weighted by Gasteiger charge is 2.18. The van der Waals surface area contributed by atoms with Crippen molar-refractivity contribution in [2.75, 3.05) is 11.5 Å². The Morgan fingerprint density at radius 1 is 1.41 bits per heavy atom. The van der Waals surface area contributed by atoms with Crippen LogP contribution >= 0.6 is 11.8 Å². The molecule has 1 aliphatic heterocycles. The van der Waals surface area contributed by atoms with Crippen LogP contribution in [0.2, 0.25) is 0 Å². The summed E-state index contributed by atoms with van der Waals surface area (Å²) < 4.78 is 13.1. The quantitative estimate of drug-likeness (QED) is 0.760. The molecule has 2 rings (SSSR count). The maximum absolute atomic E-state index is 13.1. The van der Waals surface area contributed by atoms with Crippen LogP contribution in [0.3, 0.4) is 0 Å². The zero-order chi connectivity index (χ0) is 12.3. The molecule has 0 amide bonds. The summed E-state index contributed by atoms with van der Waals surface area (Å²) in [6, 6.07) is 4.65. The number of ketones is 1. The highest BCUT2D eigenvalue weighted by molar-refractivity contribution is 7.99. The van der Waals surface area contributed by atoms with E-state index in [-0.39, 0.29) is 11.6 Å². The van der Waals surface area contributed by atoms with Crippen molar-refractivity contribution in [3.05, 3.63) is 35.1 Å². The fraction of sp³-hybridized carbons (Fsp3) is 0.500. The van der Waals surface area contributed by atoms with Crippen molar-refractivity contribution in [2.24, 2.45) is 5.92 Å². The Morgan fingerprint density at radius 3 is 2.76 bits per heavy atom. The third kappa shape index (κ3) is 3.32. The summed E-state index contributed by atoms with van der Waals surface area (Å²) in [5.74, 6) is 2.77. The van der Waals surface area contributed by atoms with Gasteiger partial charge in [0.1, 0.15) is 5.82 Å². The lowest BCUT2D eigenvalue weighted by molar-refractivity contribution is 0.0958. The van der Waals surface area contributed by atoms with E-state index in [4.69, 9.17) is 0 Å². The van der Waals surface area contributed by atoms with Crippen molar-refractivity contribution in [2.45, 2.75) is 26.2 Å². The summed E-state index contributed by atoms with van der Waals surface area (Å²) in [7, 11) is 0. The van der Waals surface area contributed by atoms with Crippen molar-refractivity contribution >= 4 is 17.5 Å². The van der Waals surface area contributed by atoms with Crippen molar-refractivity contribution in [1.29, 1.82) is 0 Å². The Balaban J connectivity index is 2.01. The Hall–Kier alpha value is -0.830. The highest BCUT2D eigenvalue weighted by Crippen LogP contribution is 2.26. The van der Waals surface area contributed by atoms with Crippen LogP contribution in [0.25, 0.3) is 0 Å². The van der Waals surface area contributed by atoms with E-state index in [1.807, 2.05) is 11.8 Å². The third-order valence-electron chi connectivity index (χ3n) is 3.29. The van der Waals surface area contributed by atoms with Gasteiger partial charge in [0.15, 0.2) is 5.78 Å². The van der Waals surface area contributed by atoms with Gasteiger partial charge in [0.25, 0.3) is 0 Å². The molecule has 3 heteroatoms. The third-order valence-corrected chi connectivity index (χ3v) is 4.34. The van der Waals surface area contributed by atoms with Crippen LogP contribution in [0.4, 0.5) is 4.39 Å². The van der Waals surface area contributed by atoms with Crippen molar-refractivity contribution < 1.29 is 9.18 Å². The molecule has 17 heavy (non-hydrogen) atoms. The highest BCUT2D eigenvalue weighted by atomic mass is 32.2. The zero-order valence-electron chi connectivity index (χ0n) is 10.0. The molecule has 92 valence electrons. The molecule has 0 radical (unpaired) electrons. The van der Waals surface area contributed by atoms with E-state index in [2.05, 4.69) is 0 Å². The first-order valence-electron chi connectivity index (χ1n) is 6.04. The van der Waals surface area contributed by atoms with E-state index in [0.29, 0.717) is 23.5 Å². The maximum Gasteiger partial charge on any atom is 0.163 e. The van der Waals surface area contributed by atoms with Gasteiger partial charge in [-0.2, -0.15) is 11.8 Å². The van der Waals surface area contributed by atoms with Gasteiger partial charge in [0.2, 0.25) is 0 Å². The monoisotopic (exact) mass is 252 g/mol. The second-order valence-electron chi connectivity index (χ2n) is 4.65. The molecule has 1 heterocycles. The van der Waals surface area contributed by atoms with Gasteiger partial charge in [-0.1, -0.05) is 0 Å². The number of carbonyl (C=O) groups excluding carboxylic acids is 1. The van der Waals surface area contributed by atoms with Gasteiger partial charge in [-0.15, -0.1) is 0 Å². The van der Waals surface area contributed by atoms with Crippen molar-refractivity contribution in [3.63, 3.8) is 0 Å². The maximum atomic E-state index is 13.1. The van der Waals surface area contributed by atoms with Crippen molar-refractivity contribution in [1.82, 2.24) is 0 Å². The topological polar surface area (TPSA) is 17.1 Å². The Bertz CT molecular complexity index is 411. The largest absolute Gasteiger partial charge is 0.294 e. The Labute approximate surface area is 106 Å². The molecular weight excluding hydrogens is 235 g/mol. The second kappa shape index (κ2) is 5.67. The van der Waals surface area contributed by atoms with E-state index < -0.39 is 0 Å². The number of hydrogen-bond donors (Lipinski definition) is 0. The normalized spacial score (nSPS) is 17.1. The van der Waals surface area contributed by atoms with Gasteiger partial charge in [-0.25, -0.2) is 4.39 Å². The summed E-state index contributed by atoms with van der Waals surface area (Å²) in [6.45, 7) is 1.70. The smallest absolute Gasteiger partial charge is 0.163 e. The summed E-state index contributed by atoms with van der Waals surface area (Å²) in [5.41, 5.74) is 1.21. The first kappa shape index (κ1) is 12.6. The predicted octanol–water partition coefficient (Wildman–Crippen LogP) is 3.85. The minimum atomic E-state index is -0.240. The number of aryl methyl sites for hydroxylation is 1. The lowest BCUT2D eigenvalue weighted by atomic mass is 9.93. The number of benzene rings is 1. The molecule has 1 aromatic carbocycles. The Kier molecular flexibility index (Phi) is 4.21. The number of hydrogen-bond acceptors (Lipinski definition) is 2. The molecule has 0 aromatic heterocycles. The zero-order valence-corrected chi connectivity index (χ0v) is 10.9. The number of thioether (sulfide) groups is 1. The van der Waals surface area contributed by atoms with Gasteiger partial charge in [0.05, 0.1) is 0 Å². The Morgan fingerprint density at radius 2 is 2.12 bits per heavy atom. The van der Waals surface area contributed by atoms with Crippen LogP contribution in [0.1, 0.15) is 35.2 Å². The van der Waals surface area contributed by atoms with E-state index >= 15 is 0 Å². The average Bonchev–Trinajstić information content (AvgIpc) is 2.34. The minimum Gasteiger partial charge on any atom is -0.294 e. The lowest BCUT2D eigenvalue weighted by Crippen LogP contribution is -2.14. The van der Waals surface area contributed by atoms with Gasteiger partial charge in [-0.3, -0.25) is 4.79 Å². The van der Waals surface area contributed by atoms with Crippen LogP contribution in [0, 0.1) is 18.7 Å². The molecule has 1 fully saturated rings. The van der Waals surface area contributed by atoms with Gasteiger partial charge < -0.3 is 0 Å². The number of rotatable bonds is 3. The summed E-state index contributed by atoms with van der Waals surface area (Å²) in [6.07, 6.45) is 2.89. The van der Waals surface area contributed by atoms with Crippen molar-refractivity contribution in [3.8, 4) is 0 Å². The van der Waals surface area contributed by atoms with E-state index in [9.17, 15) is 9.18 Å². The van der Waals surface area contributed by atoms with Gasteiger partial charge >= 0.3 is 0 Å². The van der Waals surface area contributed by atoms with E-state index in [0.717, 1.165) is 12.8 Å². The lowest BCUT2D eigenvalue weighted by Gasteiger charge is -2.20. The average molecular weight is 252 g/mol. The molecule has 1 aromatic rings. The fourth-order valence-corrected chi connectivity index (χ4v) is 3.35. The molecule has 1 nitrogen and oxygen atoms in total. The standard InChI is InChI=1S/C14H17FOS/c1-10-8-12(2-3-13(10)15)14(16)9-11-4-6-17-7-5-11/h2-3,8,11H,4-7,9H2,1H3. The predicted molar refractivity (Wildman–Crippen MR) is 70.1 cm³/mol. The number of halogens is 1. The SMILES string of the molecule is Cc1cc(C(=O)CC2CCSCC2)ccc1F. The molecule has 0 N–H and O–H groups in total. The van der Waals surface area contributed by atoms with E-state index in [1.54, 1.807) is 19.1 Å². The molecule has 0 atom stereocenters. The van der Waals surface area contributed by atoms with Crippen LogP contribution < -0.4 is 0 Å². The molecule has 0 spiro atoms. The first-order chi connectivity index (χ1) is 8.16. The number of carbonyl (C=O) groups is 1. The molecule has 0 unspecified atom stereocenters. The molecule has 0 bridgehead atoms. The molecule has 1 aliphatic rings. The van der Waals surface area contributed by atoms with Gasteiger partial charge in [-0.05, 0) is 61.0 Å². The molecule has 0 aliphatic carbocycles. The van der Waals surface area contributed by atoms with Gasteiger partial charge in [0, 0.05) is 12.0 Å². The van der Waals surface area contributed by atoms with E-state index in [1.165, 1.54) is 17.6 Å². The second-order valence-corrected chi connectivity index (χ2v) is 5.87. The first-order valence-corrected chi connectivity index (χ1v) is 7.19. The molecule has 0 saturated carbocycles. The summed E-state index contributed by atoms with van der Waals surface area (Å²) in [5, 5.41) is 0. The molecule has 1 saturated heterocycles. The van der Waals surface area contributed by atoms with Crippen LogP contribution in [-0.4, -0.2) is 17.3 Å². The van der Waals surface area contributed by atoms with Crippen LogP contribution in [0.15, 0.2) is 18.2 Å². The van der Waals surface area contributed by atoms with Crippen LogP contribution in [0.5, 0.6) is 0 Å². The fourth-order valence-electron chi connectivity index (χ4n) is 2.15. The van der Waals surface area contributed by atoms with Crippen LogP contribution in [-0.2, 0) is 0 Å². The minimum absolute atomic E-state index is 0.157.